The van der Waals surface area contributed by atoms with E-state index in [0.717, 1.165) is 34.8 Å². The van der Waals surface area contributed by atoms with Gasteiger partial charge in [-0.3, -0.25) is 14.3 Å². The van der Waals surface area contributed by atoms with Gasteiger partial charge in [0.1, 0.15) is 0 Å². The van der Waals surface area contributed by atoms with Gasteiger partial charge in [0.2, 0.25) is 10.0 Å². The normalized spacial score (nSPS) is 16.1. The van der Waals surface area contributed by atoms with Gasteiger partial charge >= 0.3 is 5.69 Å². The molecule has 1 unspecified atom stereocenters. The van der Waals surface area contributed by atoms with Crippen LogP contribution in [0.2, 0.25) is 0 Å². The summed E-state index contributed by atoms with van der Waals surface area (Å²) in [6.45, 7) is 3.92. The minimum Gasteiger partial charge on any atom is -0.302 e. The Morgan fingerprint density at radius 3 is 2.52 bits per heavy atom. The molecule has 1 atom stereocenters. The lowest BCUT2D eigenvalue weighted by atomic mass is 10.00. The fourth-order valence-electron chi connectivity index (χ4n) is 3.42. The van der Waals surface area contributed by atoms with Crippen molar-refractivity contribution in [2.75, 3.05) is 13.1 Å². The molecular formula is C18H24N4O4S. The van der Waals surface area contributed by atoms with Gasteiger partial charge in [-0.25, -0.2) is 17.9 Å². The minimum atomic E-state index is -4.03. The molecule has 0 saturated carbocycles. The van der Waals surface area contributed by atoms with Gasteiger partial charge in [-0.05, 0) is 24.5 Å². The quantitative estimate of drug-likeness (QED) is 0.761. The number of hydrogen-bond acceptors (Lipinski definition) is 5. The van der Waals surface area contributed by atoms with Crippen molar-refractivity contribution in [1.82, 2.24) is 18.8 Å². The third-order valence-electron chi connectivity index (χ3n) is 4.80. The Hall–Kier alpha value is -2.23. The molecule has 8 nitrogen and oxygen atoms in total. The Morgan fingerprint density at radius 1 is 1.15 bits per heavy atom. The van der Waals surface area contributed by atoms with Crippen LogP contribution in [0, 0.1) is 0 Å². The molecule has 0 amide bonds. The fourth-order valence-corrected chi connectivity index (χ4v) is 4.82. The van der Waals surface area contributed by atoms with Crippen LogP contribution in [0.4, 0.5) is 0 Å². The summed E-state index contributed by atoms with van der Waals surface area (Å²) in [4.78, 5) is 25.7. The fraction of sp³-hybridized carbons (Fsp3) is 0.444. The average Bonchev–Trinajstić information content (AvgIpc) is 2.62. The highest BCUT2D eigenvalue weighted by Crippen LogP contribution is 2.18. The van der Waals surface area contributed by atoms with Crippen LogP contribution in [0.15, 0.2) is 44.9 Å². The highest BCUT2D eigenvalue weighted by Gasteiger charge is 2.25. The van der Waals surface area contributed by atoms with Crippen molar-refractivity contribution in [3.8, 4) is 0 Å². The van der Waals surface area contributed by atoms with Crippen LogP contribution >= 0.6 is 0 Å². The van der Waals surface area contributed by atoms with Gasteiger partial charge in [0.05, 0.1) is 0 Å². The second kappa shape index (κ2) is 7.41. The molecule has 0 spiro atoms. The number of fused-ring (bicyclic) bond motifs is 1. The summed E-state index contributed by atoms with van der Waals surface area (Å²) in [5.74, 6) is 0. The topological polar surface area (TPSA) is 93.4 Å². The van der Waals surface area contributed by atoms with Gasteiger partial charge in [0.25, 0.3) is 5.56 Å². The molecule has 0 radical (unpaired) electrons. The summed E-state index contributed by atoms with van der Waals surface area (Å²) in [5.41, 5.74) is 1.19. The molecule has 0 bridgehead atoms. The van der Waals surface area contributed by atoms with E-state index < -0.39 is 26.2 Å². The first-order chi connectivity index (χ1) is 12.7. The number of hydrogen-bond donors (Lipinski definition) is 1. The summed E-state index contributed by atoms with van der Waals surface area (Å²) >= 11 is 0. The highest BCUT2D eigenvalue weighted by atomic mass is 32.2. The number of aryl methyl sites for hydroxylation is 1. The second-order valence-corrected chi connectivity index (χ2v) is 8.71. The Kier molecular flexibility index (Phi) is 5.36. The standard InChI is InChI=1S/C18H24N4O4S/c1-13(10-22-9-8-14-6-4-5-7-15(14)11-22)19-27(25,26)16-12-20(2)18(24)21(3)17(16)23/h4-7,12-13,19H,8-11H2,1-3H3. The molecule has 1 aromatic heterocycles. The number of aromatic nitrogens is 2. The Balaban J connectivity index is 1.74. The molecule has 1 aromatic carbocycles. The van der Waals surface area contributed by atoms with Crippen LogP contribution in [0.1, 0.15) is 18.1 Å². The molecule has 146 valence electrons. The second-order valence-electron chi connectivity index (χ2n) is 7.03. The third-order valence-corrected chi connectivity index (χ3v) is 6.37. The molecular weight excluding hydrogens is 368 g/mol. The maximum absolute atomic E-state index is 12.7. The first kappa shape index (κ1) is 19.5. The predicted octanol–water partition coefficient (Wildman–Crippen LogP) is -0.191. The number of sulfonamides is 1. The zero-order valence-electron chi connectivity index (χ0n) is 15.7. The lowest BCUT2D eigenvalue weighted by Gasteiger charge is -2.30. The van der Waals surface area contributed by atoms with Crippen LogP contribution < -0.4 is 16.0 Å². The van der Waals surface area contributed by atoms with Crippen LogP contribution in [0.25, 0.3) is 0 Å². The monoisotopic (exact) mass is 392 g/mol. The van der Waals surface area contributed by atoms with E-state index in [-0.39, 0.29) is 6.04 Å². The summed E-state index contributed by atoms with van der Waals surface area (Å²) in [5, 5.41) is 0. The Morgan fingerprint density at radius 2 is 1.81 bits per heavy atom. The number of nitrogens with one attached hydrogen (secondary N) is 1. The molecule has 27 heavy (non-hydrogen) atoms. The van der Waals surface area contributed by atoms with E-state index in [2.05, 4.69) is 21.8 Å². The third kappa shape index (κ3) is 4.05. The van der Waals surface area contributed by atoms with E-state index in [1.54, 1.807) is 6.92 Å². The molecule has 1 aliphatic heterocycles. The molecule has 0 aliphatic carbocycles. The van der Waals surface area contributed by atoms with Crippen LogP contribution in [-0.4, -0.2) is 41.6 Å². The maximum atomic E-state index is 12.7. The van der Waals surface area contributed by atoms with Gasteiger partial charge < -0.3 is 4.57 Å². The van der Waals surface area contributed by atoms with E-state index >= 15 is 0 Å². The van der Waals surface area contributed by atoms with Crippen molar-refractivity contribution in [2.24, 2.45) is 14.1 Å². The summed E-state index contributed by atoms with van der Waals surface area (Å²) in [6.07, 6.45) is 1.99. The van der Waals surface area contributed by atoms with E-state index in [1.165, 1.54) is 25.2 Å². The largest absolute Gasteiger partial charge is 0.330 e. The van der Waals surface area contributed by atoms with Crippen molar-refractivity contribution < 1.29 is 8.42 Å². The summed E-state index contributed by atoms with van der Waals surface area (Å²) in [6, 6.07) is 7.85. The number of rotatable bonds is 5. The van der Waals surface area contributed by atoms with Crippen molar-refractivity contribution in [3.05, 3.63) is 62.4 Å². The first-order valence-electron chi connectivity index (χ1n) is 8.77. The summed E-state index contributed by atoms with van der Waals surface area (Å²) < 4.78 is 29.8. The van der Waals surface area contributed by atoms with Crippen molar-refractivity contribution >= 4 is 10.0 Å². The number of benzene rings is 1. The van der Waals surface area contributed by atoms with Gasteiger partial charge in [-0.15, -0.1) is 0 Å². The van der Waals surface area contributed by atoms with Gasteiger partial charge in [-0.1, -0.05) is 24.3 Å². The van der Waals surface area contributed by atoms with E-state index in [0.29, 0.717) is 6.54 Å². The lowest BCUT2D eigenvalue weighted by Crippen LogP contribution is -2.46. The zero-order valence-corrected chi connectivity index (χ0v) is 16.5. The predicted molar refractivity (Wildman–Crippen MR) is 102 cm³/mol. The highest BCUT2D eigenvalue weighted by molar-refractivity contribution is 7.89. The zero-order chi connectivity index (χ0) is 19.8. The van der Waals surface area contributed by atoms with Gasteiger partial charge in [0, 0.05) is 46.0 Å². The molecule has 1 aliphatic rings. The molecule has 2 aromatic rings. The van der Waals surface area contributed by atoms with Crippen molar-refractivity contribution in [2.45, 2.75) is 30.8 Å². The Labute approximate surface area is 158 Å². The average molecular weight is 392 g/mol. The SMILES string of the molecule is CC(CN1CCc2ccccc2C1)NS(=O)(=O)c1cn(C)c(=O)n(C)c1=O. The molecule has 0 fully saturated rings. The molecule has 0 saturated heterocycles. The van der Waals surface area contributed by atoms with Crippen LogP contribution in [0.3, 0.4) is 0 Å². The summed E-state index contributed by atoms with van der Waals surface area (Å²) in [7, 11) is -1.36. The Bertz CT molecular complexity index is 1070. The molecule has 3 rings (SSSR count). The van der Waals surface area contributed by atoms with Crippen LogP contribution in [-0.2, 0) is 37.1 Å². The van der Waals surface area contributed by atoms with Crippen LogP contribution in [0.5, 0.6) is 0 Å². The molecule has 9 heteroatoms. The lowest BCUT2D eigenvalue weighted by molar-refractivity contribution is 0.237. The minimum absolute atomic E-state index is 0.387. The van der Waals surface area contributed by atoms with Gasteiger partial charge in [0.15, 0.2) is 4.90 Å². The van der Waals surface area contributed by atoms with E-state index in [9.17, 15) is 18.0 Å². The van der Waals surface area contributed by atoms with E-state index in [1.807, 2.05) is 12.1 Å². The van der Waals surface area contributed by atoms with Crippen molar-refractivity contribution in [1.29, 1.82) is 0 Å². The molecule has 2 heterocycles. The smallest absolute Gasteiger partial charge is 0.302 e. The van der Waals surface area contributed by atoms with Crippen molar-refractivity contribution in [3.63, 3.8) is 0 Å². The number of nitrogens with zero attached hydrogens (tertiary/aromatic N) is 3. The maximum Gasteiger partial charge on any atom is 0.330 e. The van der Waals surface area contributed by atoms with E-state index in [4.69, 9.17) is 0 Å². The van der Waals surface area contributed by atoms with Gasteiger partial charge in [-0.2, -0.15) is 0 Å². The first-order valence-corrected chi connectivity index (χ1v) is 10.3. The molecule has 1 N–H and O–H groups in total.